The van der Waals surface area contributed by atoms with E-state index in [9.17, 15) is 0 Å². The first kappa shape index (κ1) is 10.0. The second kappa shape index (κ2) is 5.55. The molecule has 13 heavy (non-hydrogen) atoms. The average molecular weight is 176 g/mol. The smallest absolute Gasteiger partial charge is 0.0502 e. The molecular formula is C12H16O. The van der Waals surface area contributed by atoms with Crippen LogP contribution in [0.5, 0.6) is 0 Å². The van der Waals surface area contributed by atoms with Gasteiger partial charge >= 0.3 is 0 Å². The Hall–Kier alpha value is -1.08. The SMILES string of the molecule is CC=C(CCOC)c1ccccc1. The second-order valence-electron chi connectivity index (χ2n) is 2.92. The highest BCUT2D eigenvalue weighted by Crippen LogP contribution is 2.17. The van der Waals surface area contributed by atoms with Crippen molar-refractivity contribution in [2.24, 2.45) is 0 Å². The quantitative estimate of drug-likeness (QED) is 0.685. The lowest BCUT2D eigenvalue weighted by atomic mass is 10.0. The van der Waals surface area contributed by atoms with Gasteiger partial charge in [0.05, 0.1) is 6.61 Å². The van der Waals surface area contributed by atoms with E-state index in [1.165, 1.54) is 11.1 Å². The number of ether oxygens (including phenoxy) is 1. The largest absolute Gasteiger partial charge is 0.384 e. The van der Waals surface area contributed by atoms with Crippen LogP contribution in [-0.4, -0.2) is 13.7 Å². The molecule has 1 aromatic carbocycles. The predicted molar refractivity (Wildman–Crippen MR) is 56.6 cm³/mol. The predicted octanol–water partition coefficient (Wildman–Crippen LogP) is 3.13. The molecule has 0 heterocycles. The molecule has 0 aromatic heterocycles. The van der Waals surface area contributed by atoms with E-state index < -0.39 is 0 Å². The Labute approximate surface area is 80.0 Å². The molecule has 0 amide bonds. The number of hydrogen-bond donors (Lipinski definition) is 0. The van der Waals surface area contributed by atoms with Crippen LogP contribution in [0.3, 0.4) is 0 Å². The maximum Gasteiger partial charge on any atom is 0.0502 e. The fourth-order valence-electron chi connectivity index (χ4n) is 1.32. The summed E-state index contributed by atoms with van der Waals surface area (Å²) < 4.78 is 5.05. The van der Waals surface area contributed by atoms with Crippen LogP contribution < -0.4 is 0 Å². The van der Waals surface area contributed by atoms with Gasteiger partial charge in [-0.05, 0) is 24.5 Å². The van der Waals surface area contributed by atoms with E-state index in [2.05, 4.69) is 37.3 Å². The first-order valence-corrected chi connectivity index (χ1v) is 4.58. The van der Waals surface area contributed by atoms with Crippen LogP contribution in [0.1, 0.15) is 18.9 Å². The lowest BCUT2D eigenvalue weighted by Gasteiger charge is -2.05. The Bertz CT molecular complexity index is 262. The van der Waals surface area contributed by atoms with Crippen molar-refractivity contribution >= 4 is 5.57 Å². The molecule has 0 unspecified atom stereocenters. The first-order chi connectivity index (χ1) is 6.38. The highest BCUT2D eigenvalue weighted by molar-refractivity contribution is 5.65. The molecule has 0 bridgehead atoms. The molecule has 0 aliphatic rings. The molecular weight excluding hydrogens is 160 g/mol. The third-order valence-corrected chi connectivity index (χ3v) is 2.07. The molecule has 0 saturated carbocycles. The van der Waals surface area contributed by atoms with Gasteiger partial charge in [0.15, 0.2) is 0 Å². The second-order valence-corrected chi connectivity index (χ2v) is 2.92. The van der Waals surface area contributed by atoms with Crippen LogP contribution >= 0.6 is 0 Å². The molecule has 0 N–H and O–H groups in total. The van der Waals surface area contributed by atoms with Crippen LogP contribution in [-0.2, 0) is 4.74 Å². The zero-order valence-electron chi connectivity index (χ0n) is 8.29. The molecule has 0 aliphatic carbocycles. The first-order valence-electron chi connectivity index (χ1n) is 4.58. The maximum absolute atomic E-state index is 5.05. The minimum atomic E-state index is 0.786. The fraction of sp³-hybridized carbons (Fsp3) is 0.333. The summed E-state index contributed by atoms with van der Waals surface area (Å²) in [5.41, 5.74) is 2.64. The Morgan fingerprint density at radius 3 is 2.54 bits per heavy atom. The highest BCUT2D eigenvalue weighted by Gasteiger charge is 1.98. The Kier molecular flexibility index (Phi) is 4.27. The van der Waals surface area contributed by atoms with Crippen molar-refractivity contribution in [3.05, 3.63) is 42.0 Å². The summed E-state index contributed by atoms with van der Waals surface area (Å²) in [6.45, 7) is 2.85. The van der Waals surface area contributed by atoms with Crippen molar-refractivity contribution in [3.63, 3.8) is 0 Å². The lowest BCUT2D eigenvalue weighted by Crippen LogP contribution is -1.91. The third kappa shape index (κ3) is 3.03. The van der Waals surface area contributed by atoms with Crippen LogP contribution in [0.2, 0.25) is 0 Å². The van der Waals surface area contributed by atoms with Gasteiger partial charge in [-0.3, -0.25) is 0 Å². The zero-order chi connectivity index (χ0) is 9.52. The number of benzene rings is 1. The molecule has 0 aliphatic heterocycles. The van der Waals surface area contributed by atoms with Crippen molar-refractivity contribution in [3.8, 4) is 0 Å². The van der Waals surface area contributed by atoms with E-state index in [1.807, 2.05) is 6.07 Å². The van der Waals surface area contributed by atoms with Crippen LogP contribution in [0.25, 0.3) is 5.57 Å². The molecule has 0 fully saturated rings. The standard InChI is InChI=1S/C12H16O/c1-3-11(9-10-13-2)12-7-5-4-6-8-12/h3-8H,9-10H2,1-2H3. The van der Waals surface area contributed by atoms with Crippen LogP contribution in [0.15, 0.2) is 36.4 Å². The molecule has 1 heteroatoms. The lowest BCUT2D eigenvalue weighted by molar-refractivity contribution is 0.206. The summed E-state index contributed by atoms with van der Waals surface area (Å²) in [4.78, 5) is 0. The van der Waals surface area contributed by atoms with Gasteiger partial charge < -0.3 is 4.74 Å². The normalized spacial score (nSPS) is 11.7. The van der Waals surface area contributed by atoms with Gasteiger partial charge in [0.1, 0.15) is 0 Å². The van der Waals surface area contributed by atoms with Crippen molar-refractivity contribution in [1.29, 1.82) is 0 Å². The van der Waals surface area contributed by atoms with Gasteiger partial charge in [-0.2, -0.15) is 0 Å². The maximum atomic E-state index is 5.05. The van der Waals surface area contributed by atoms with Gasteiger partial charge in [0, 0.05) is 7.11 Å². The van der Waals surface area contributed by atoms with Gasteiger partial charge in [0.25, 0.3) is 0 Å². The Morgan fingerprint density at radius 1 is 1.31 bits per heavy atom. The molecule has 0 atom stereocenters. The van der Waals surface area contributed by atoms with E-state index in [4.69, 9.17) is 4.74 Å². The minimum Gasteiger partial charge on any atom is -0.384 e. The molecule has 1 rings (SSSR count). The summed E-state index contributed by atoms with van der Waals surface area (Å²) in [5, 5.41) is 0. The number of methoxy groups -OCH3 is 1. The number of hydrogen-bond acceptors (Lipinski definition) is 1. The summed E-state index contributed by atoms with van der Waals surface area (Å²) in [7, 11) is 1.73. The minimum absolute atomic E-state index is 0.786. The van der Waals surface area contributed by atoms with Crippen molar-refractivity contribution in [1.82, 2.24) is 0 Å². The third-order valence-electron chi connectivity index (χ3n) is 2.07. The molecule has 0 radical (unpaired) electrons. The molecule has 1 nitrogen and oxygen atoms in total. The van der Waals surface area contributed by atoms with Crippen molar-refractivity contribution in [2.75, 3.05) is 13.7 Å². The number of rotatable bonds is 4. The van der Waals surface area contributed by atoms with E-state index in [-0.39, 0.29) is 0 Å². The monoisotopic (exact) mass is 176 g/mol. The molecule has 0 spiro atoms. The van der Waals surface area contributed by atoms with Gasteiger partial charge in [-0.25, -0.2) is 0 Å². The van der Waals surface area contributed by atoms with Gasteiger partial charge in [-0.15, -0.1) is 0 Å². The molecule has 70 valence electrons. The van der Waals surface area contributed by atoms with Crippen molar-refractivity contribution in [2.45, 2.75) is 13.3 Å². The van der Waals surface area contributed by atoms with E-state index >= 15 is 0 Å². The summed E-state index contributed by atoms with van der Waals surface area (Å²) in [6, 6.07) is 10.4. The Morgan fingerprint density at radius 2 is 2.00 bits per heavy atom. The highest BCUT2D eigenvalue weighted by atomic mass is 16.5. The van der Waals surface area contributed by atoms with E-state index in [0.29, 0.717) is 0 Å². The summed E-state index contributed by atoms with van der Waals surface area (Å²) in [6.07, 6.45) is 3.13. The van der Waals surface area contributed by atoms with Gasteiger partial charge in [-0.1, -0.05) is 36.4 Å². The van der Waals surface area contributed by atoms with E-state index in [0.717, 1.165) is 13.0 Å². The fourth-order valence-corrected chi connectivity index (χ4v) is 1.32. The average Bonchev–Trinajstić information content (AvgIpc) is 2.21. The molecule has 0 saturated heterocycles. The van der Waals surface area contributed by atoms with Crippen LogP contribution in [0.4, 0.5) is 0 Å². The van der Waals surface area contributed by atoms with Gasteiger partial charge in [0.2, 0.25) is 0 Å². The summed E-state index contributed by atoms with van der Waals surface area (Å²) >= 11 is 0. The topological polar surface area (TPSA) is 9.23 Å². The summed E-state index contributed by atoms with van der Waals surface area (Å²) in [5.74, 6) is 0. The van der Waals surface area contributed by atoms with E-state index in [1.54, 1.807) is 7.11 Å². The van der Waals surface area contributed by atoms with Crippen LogP contribution in [0, 0.1) is 0 Å². The Balaban J connectivity index is 2.69. The van der Waals surface area contributed by atoms with Crippen molar-refractivity contribution < 1.29 is 4.74 Å². The number of allylic oxidation sites excluding steroid dienone is 1. The molecule has 1 aromatic rings. The zero-order valence-corrected chi connectivity index (χ0v) is 8.29.